The molecule has 0 aliphatic heterocycles. The summed E-state index contributed by atoms with van der Waals surface area (Å²) in [6.45, 7) is 1.90. The zero-order valence-electron chi connectivity index (χ0n) is 19.9. The Morgan fingerprint density at radius 2 is 1.41 bits per heavy atom. The number of hydrogen-bond acceptors (Lipinski definition) is 3. The minimum atomic E-state index is -1.62. The molecule has 1 N–H and O–H groups in total. The van der Waals surface area contributed by atoms with Gasteiger partial charge in [0.2, 0.25) is 8.60 Å². The van der Waals surface area contributed by atoms with E-state index in [1.165, 1.54) is 4.90 Å². The average molecular weight is 642 g/mol. The van der Waals surface area contributed by atoms with Crippen molar-refractivity contribution in [3.63, 3.8) is 0 Å². The SMILES string of the molecule is CC(NC(=O)C(c1cccnc1)N(C(=O)C(Cl)(Br)Br)c1ccc(-c2ccccc2)cc1)c1ccccc1. The van der Waals surface area contributed by atoms with Crippen LogP contribution in [0.25, 0.3) is 11.1 Å². The summed E-state index contributed by atoms with van der Waals surface area (Å²) in [5.74, 6) is -0.927. The van der Waals surface area contributed by atoms with Crippen LogP contribution in [-0.2, 0) is 9.59 Å². The fourth-order valence-electron chi connectivity index (χ4n) is 4.04. The van der Waals surface area contributed by atoms with E-state index in [0.717, 1.165) is 16.7 Å². The highest BCUT2D eigenvalue weighted by Gasteiger charge is 2.41. The lowest BCUT2D eigenvalue weighted by Crippen LogP contribution is -2.48. The number of halogens is 3. The maximum Gasteiger partial charge on any atom is 0.271 e. The summed E-state index contributed by atoms with van der Waals surface area (Å²) >= 11 is 12.8. The third-order valence-electron chi connectivity index (χ3n) is 5.88. The molecule has 1 aromatic heterocycles. The molecule has 3 aromatic carbocycles. The number of nitrogens with one attached hydrogen (secondary N) is 1. The van der Waals surface area contributed by atoms with Gasteiger partial charge in [-0.15, -0.1) is 0 Å². The summed E-state index contributed by atoms with van der Waals surface area (Å²) < 4.78 is -1.62. The number of amides is 2. The van der Waals surface area contributed by atoms with Gasteiger partial charge in [0, 0.05) is 23.6 Å². The summed E-state index contributed by atoms with van der Waals surface area (Å²) in [5.41, 5.74) is 4.01. The molecule has 4 rings (SSSR count). The maximum absolute atomic E-state index is 13.9. The lowest BCUT2D eigenvalue weighted by Gasteiger charge is -2.34. The second-order valence-corrected chi connectivity index (χ2v) is 13.3. The van der Waals surface area contributed by atoms with Crippen LogP contribution in [0.15, 0.2) is 109 Å². The van der Waals surface area contributed by atoms with Gasteiger partial charge in [-0.1, -0.05) is 90.5 Å². The minimum Gasteiger partial charge on any atom is -0.347 e. The van der Waals surface area contributed by atoms with E-state index in [4.69, 9.17) is 11.6 Å². The van der Waals surface area contributed by atoms with Crippen molar-refractivity contribution in [3.05, 3.63) is 121 Å². The predicted molar refractivity (Wildman–Crippen MR) is 156 cm³/mol. The van der Waals surface area contributed by atoms with Gasteiger partial charge in [0.15, 0.2) is 0 Å². The number of rotatable bonds is 8. The Balaban J connectivity index is 1.77. The molecule has 2 unspecified atom stereocenters. The fraction of sp³-hybridized carbons (Fsp3) is 0.138. The van der Waals surface area contributed by atoms with E-state index < -0.39 is 14.6 Å². The second-order valence-electron chi connectivity index (χ2n) is 8.42. The molecule has 2 amide bonds. The Kier molecular flexibility index (Phi) is 8.79. The summed E-state index contributed by atoms with van der Waals surface area (Å²) in [6.07, 6.45) is 3.20. The normalized spacial score (nSPS) is 12.9. The molecule has 0 aliphatic rings. The number of benzene rings is 3. The van der Waals surface area contributed by atoms with Crippen LogP contribution in [0, 0.1) is 0 Å². The molecule has 37 heavy (non-hydrogen) atoms. The highest BCUT2D eigenvalue weighted by Crippen LogP contribution is 2.39. The molecule has 0 spiro atoms. The van der Waals surface area contributed by atoms with Crippen molar-refractivity contribution in [3.8, 4) is 11.1 Å². The van der Waals surface area contributed by atoms with Crippen LogP contribution in [0.5, 0.6) is 0 Å². The first-order valence-electron chi connectivity index (χ1n) is 11.6. The Hall–Kier alpha value is -3.00. The monoisotopic (exact) mass is 639 g/mol. The minimum absolute atomic E-state index is 0.293. The molecule has 0 bridgehead atoms. The molecule has 0 saturated heterocycles. The Morgan fingerprint density at radius 1 is 0.838 bits per heavy atom. The third kappa shape index (κ3) is 6.66. The van der Waals surface area contributed by atoms with Crippen molar-refractivity contribution in [2.45, 2.75) is 21.7 Å². The molecular formula is C29H24Br2ClN3O2. The van der Waals surface area contributed by atoms with E-state index in [0.29, 0.717) is 11.3 Å². The number of nitrogens with zero attached hydrogens (tertiary/aromatic N) is 2. The van der Waals surface area contributed by atoms with Crippen molar-refractivity contribution in [2.24, 2.45) is 0 Å². The van der Waals surface area contributed by atoms with Gasteiger partial charge < -0.3 is 5.32 Å². The van der Waals surface area contributed by atoms with E-state index in [1.54, 1.807) is 36.7 Å². The zero-order chi connectivity index (χ0) is 26.4. The molecule has 0 aliphatic carbocycles. The Bertz CT molecular complexity index is 1330. The van der Waals surface area contributed by atoms with E-state index in [1.807, 2.05) is 79.7 Å². The topological polar surface area (TPSA) is 62.3 Å². The van der Waals surface area contributed by atoms with Crippen LogP contribution in [0.4, 0.5) is 5.69 Å². The molecule has 0 radical (unpaired) electrons. The van der Waals surface area contributed by atoms with Gasteiger partial charge in [0.05, 0.1) is 6.04 Å². The largest absolute Gasteiger partial charge is 0.347 e. The number of hydrogen-bond donors (Lipinski definition) is 1. The van der Waals surface area contributed by atoms with Crippen LogP contribution in [0.1, 0.15) is 30.1 Å². The van der Waals surface area contributed by atoms with Gasteiger partial charge in [-0.3, -0.25) is 19.5 Å². The van der Waals surface area contributed by atoms with Crippen molar-refractivity contribution in [1.82, 2.24) is 10.3 Å². The summed E-state index contributed by atoms with van der Waals surface area (Å²) in [4.78, 5) is 33.1. The van der Waals surface area contributed by atoms with Crippen LogP contribution in [0.3, 0.4) is 0 Å². The van der Waals surface area contributed by atoms with Gasteiger partial charge in [-0.2, -0.15) is 0 Å². The summed E-state index contributed by atoms with van der Waals surface area (Å²) in [5, 5.41) is 3.05. The molecule has 5 nitrogen and oxygen atoms in total. The third-order valence-corrected chi connectivity index (χ3v) is 6.72. The maximum atomic E-state index is 13.9. The standard InChI is InChI=1S/C29H24Br2ClN3O2/c1-20(21-9-4-2-5-10-21)34-27(36)26(24-13-8-18-33-19-24)35(28(37)29(30,31)32)25-16-14-23(15-17-25)22-11-6-3-7-12-22/h2-20,26H,1H3,(H,34,36). The molecule has 0 fully saturated rings. The zero-order valence-corrected chi connectivity index (χ0v) is 23.8. The van der Waals surface area contributed by atoms with Gasteiger partial charge in [0.25, 0.3) is 5.91 Å². The second kappa shape index (κ2) is 12.0. The first kappa shape index (κ1) is 27.0. The highest BCUT2D eigenvalue weighted by atomic mass is 79.9. The van der Waals surface area contributed by atoms with Crippen molar-refractivity contribution >= 4 is 61.0 Å². The van der Waals surface area contributed by atoms with Gasteiger partial charge in [-0.05, 0) is 73.7 Å². The van der Waals surface area contributed by atoms with E-state index in [2.05, 4.69) is 42.2 Å². The quantitative estimate of drug-likeness (QED) is 0.204. The van der Waals surface area contributed by atoms with E-state index >= 15 is 0 Å². The first-order valence-corrected chi connectivity index (χ1v) is 13.5. The molecular weight excluding hydrogens is 618 g/mol. The van der Waals surface area contributed by atoms with Crippen LogP contribution in [-0.4, -0.2) is 19.5 Å². The number of aromatic nitrogens is 1. The highest BCUT2D eigenvalue weighted by molar-refractivity contribution is 9.26. The smallest absolute Gasteiger partial charge is 0.271 e. The lowest BCUT2D eigenvalue weighted by molar-refractivity contribution is -0.126. The molecule has 8 heteroatoms. The molecule has 0 saturated carbocycles. The van der Waals surface area contributed by atoms with Crippen LogP contribution < -0.4 is 10.2 Å². The Labute approximate surface area is 238 Å². The van der Waals surface area contributed by atoms with Gasteiger partial charge >= 0.3 is 0 Å². The molecule has 2 atom stereocenters. The molecule has 188 valence electrons. The molecule has 1 heterocycles. The summed E-state index contributed by atoms with van der Waals surface area (Å²) in [6, 6.07) is 29.1. The number of pyridine rings is 1. The predicted octanol–water partition coefficient (Wildman–Crippen LogP) is 7.38. The van der Waals surface area contributed by atoms with Gasteiger partial charge in [0.1, 0.15) is 6.04 Å². The Morgan fingerprint density at radius 3 is 1.97 bits per heavy atom. The fourth-order valence-corrected chi connectivity index (χ4v) is 4.51. The van der Waals surface area contributed by atoms with E-state index in [9.17, 15) is 9.59 Å². The van der Waals surface area contributed by atoms with Crippen LogP contribution in [0.2, 0.25) is 0 Å². The number of alkyl halides is 3. The lowest BCUT2D eigenvalue weighted by atomic mass is 10.0. The average Bonchev–Trinajstić information content (AvgIpc) is 2.92. The van der Waals surface area contributed by atoms with Crippen molar-refractivity contribution < 1.29 is 9.59 Å². The number of carbonyl (C=O) groups is 2. The van der Waals surface area contributed by atoms with Crippen LogP contribution >= 0.6 is 43.5 Å². The van der Waals surface area contributed by atoms with Crippen molar-refractivity contribution in [2.75, 3.05) is 4.90 Å². The van der Waals surface area contributed by atoms with Crippen molar-refractivity contribution in [1.29, 1.82) is 0 Å². The van der Waals surface area contributed by atoms with E-state index in [-0.39, 0.29) is 11.9 Å². The summed E-state index contributed by atoms with van der Waals surface area (Å²) in [7, 11) is 0. The molecule has 4 aromatic rings. The number of anilines is 1. The van der Waals surface area contributed by atoms with Gasteiger partial charge in [-0.25, -0.2) is 0 Å². The first-order chi connectivity index (χ1) is 17.8. The number of carbonyl (C=O) groups excluding carboxylic acids is 2.